The van der Waals surface area contributed by atoms with Crippen LogP contribution < -0.4 is 0 Å². The van der Waals surface area contributed by atoms with E-state index in [9.17, 15) is 4.79 Å². The van der Waals surface area contributed by atoms with Crippen molar-refractivity contribution in [3.63, 3.8) is 0 Å². The third-order valence-corrected chi connectivity index (χ3v) is 5.40. The van der Waals surface area contributed by atoms with Crippen LogP contribution in [0.4, 0.5) is 0 Å². The quantitative estimate of drug-likeness (QED) is 0.702. The number of fused-ring (bicyclic) bond motifs is 1. The van der Waals surface area contributed by atoms with Gasteiger partial charge in [0.05, 0.1) is 0 Å². The molecule has 3 unspecified atom stereocenters. The predicted molar refractivity (Wildman–Crippen MR) is 71.4 cm³/mol. The van der Waals surface area contributed by atoms with E-state index < -0.39 is 0 Å². The fourth-order valence-electron chi connectivity index (χ4n) is 3.75. The fourth-order valence-corrected chi connectivity index (χ4v) is 4.40. The van der Waals surface area contributed by atoms with Crippen molar-refractivity contribution in [3.8, 4) is 0 Å². The fraction of sp³-hybridized carbons (Fsp3) is 0.667. The van der Waals surface area contributed by atoms with Crippen LogP contribution in [0.3, 0.4) is 0 Å². The Balaban J connectivity index is 1.67. The van der Waals surface area contributed by atoms with Gasteiger partial charge in [0.2, 0.25) is 0 Å². The molecule has 0 bridgehead atoms. The molecule has 3 atom stereocenters. The van der Waals surface area contributed by atoms with Gasteiger partial charge in [-0.15, -0.1) is 0 Å². The minimum absolute atomic E-state index is 0.323. The highest BCUT2D eigenvalue weighted by molar-refractivity contribution is 7.08. The lowest BCUT2D eigenvalue weighted by Crippen LogP contribution is -2.31. The van der Waals surface area contributed by atoms with Gasteiger partial charge >= 0.3 is 0 Å². The number of carbonyl (C=O) groups excluding carboxylic acids is 1. The summed E-state index contributed by atoms with van der Waals surface area (Å²) in [5.41, 5.74) is 0.953. The third kappa shape index (κ3) is 2.33. The van der Waals surface area contributed by atoms with Crippen LogP contribution in [-0.4, -0.2) is 5.78 Å². The summed E-state index contributed by atoms with van der Waals surface area (Å²) in [6, 6.07) is 1.99. The summed E-state index contributed by atoms with van der Waals surface area (Å²) in [7, 11) is 0. The van der Waals surface area contributed by atoms with Crippen molar-refractivity contribution in [2.24, 2.45) is 17.8 Å². The van der Waals surface area contributed by atoms with Gasteiger partial charge in [-0.3, -0.25) is 4.79 Å². The maximum absolute atomic E-state index is 12.3. The second kappa shape index (κ2) is 4.93. The highest BCUT2D eigenvalue weighted by Crippen LogP contribution is 2.43. The molecule has 0 saturated heterocycles. The van der Waals surface area contributed by atoms with E-state index in [0.717, 1.165) is 23.8 Å². The molecule has 2 saturated carbocycles. The van der Waals surface area contributed by atoms with E-state index in [1.54, 1.807) is 11.3 Å². The van der Waals surface area contributed by atoms with E-state index in [1.165, 1.54) is 38.5 Å². The zero-order valence-electron chi connectivity index (χ0n) is 10.2. The number of Topliss-reactive ketones (excluding diaryl/α,β-unsaturated/α-hetero) is 1. The summed E-state index contributed by atoms with van der Waals surface area (Å²) in [5, 5.41) is 4.02. The van der Waals surface area contributed by atoms with Gasteiger partial charge in [0.1, 0.15) is 0 Å². The van der Waals surface area contributed by atoms with Crippen LogP contribution >= 0.6 is 11.3 Å². The second-order valence-corrected chi connectivity index (χ2v) is 6.47. The summed E-state index contributed by atoms with van der Waals surface area (Å²) < 4.78 is 0. The van der Waals surface area contributed by atoms with Crippen LogP contribution in [0.1, 0.15) is 55.3 Å². The first kappa shape index (κ1) is 11.5. The van der Waals surface area contributed by atoms with Crippen molar-refractivity contribution in [2.45, 2.75) is 44.9 Å². The van der Waals surface area contributed by atoms with Crippen LogP contribution in [0, 0.1) is 17.8 Å². The van der Waals surface area contributed by atoms with E-state index in [-0.39, 0.29) is 0 Å². The minimum Gasteiger partial charge on any atom is -0.294 e. The minimum atomic E-state index is 0.323. The third-order valence-electron chi connectivity index (χ3n) is 4.72. The lowest BCUT2D eigenvalue weighted by atomic mass is 9.66. The number of carbonyl (C=O) groups is 1. The van der Waals surface area contributed by atoms with Crippen LogP contribution in [0.5, 0.6) is 0 Å². The molecule has 0 radical (unpaired) electrons. The molecule has 0 N–H and O–H groups in total. The van der Waals surface area contributed by atoms with E-state index in [0.29, 0.717) is 11.7 Å². The first-order valence-electron chi connectivity index (χ1n) is 6.91. The summed E-state index contributed by atoms with van der Waals surface area (Å²) in [6.07, 6.45) is 9.20. The first-order chi connectivity index (χ1) is 8.34. The molecule has 2 aliphatic carbocycles. The topological polar surface area (TPSA) is 17.1 Å². The molecule has 0 aromatic carbocycles. The molecule has 17 heavy (non-hydrogen) atoms. The predicted octanol–water partition coefficient (Wildman–Crippen LogP) is 4.54. The van der Waals surface area contributed by atoms with E-state index in [1.807, 2.05) is 16.8 Å². The lowest BCUT2D eigenvalue weighted by Gasteiger charge is -2.38. The average molecular weight is 248 g/mol. The largest absolute Gasteiger partial charge is 0.294 e. The Bertz CT molecular complexity index is 382. The highest BCUT2D eigenvalue weighted by Gasteiger charge is 2.35. The molecule has 1 heterocycles. The molecule has 1 aromatic rings. The van der Waals surface area contributed by atoms with E-state index >= 15 is 0 Å². The van der Waals surface area contributed by atoms with Crippen molar-refractivity contribution in [2.75, 3.05) is 0 Å². The first-order valence-corrected chi connectivity index (χ1v) is 7.85. The van der Waals surface area contributed by atoms with Crippen LogP contribution in [-0.2, 0) is 0 Å². The molecular weight excluding hydrogens is 228 g/mol. The summed E-state index contributed by atoms with van der Waals surface area (Å²) >= 11 is 1.63. The van der Waals surface area contributed by atoms with Crippen molar-refractivity contribution in [3.05, 3.63) is 22.4 Å². The van der Waals surface area contributed by atoms with Crippen molar-refractivity contribution >= 4 is 17.1 Å². The Hall–Kier alpha value is -0.630. The van der Waals surface area contributed by atoms with Crippen molar-refractivity contribution in [1.29, 1.82) is 0 Å². The molecule has 0 spiro atoms. The van der Waals surface area contributed by atoms with Gasteiger partial charge in [0, 0.05) is 16.9 Å². The Morgan fingerprint density at radius 1 is 1.12 bits per heavy atom. The molecule has 2 aliphatic rings. The van der Waals surface area contributed by atoms with Crippen molar-refractivity contribution in [1.82, 2.24) is 0 Å². The van der Waals surface area contributed by atoms with Crippen LogP contribution in [0.25, 0.3) is 0 Å². The van der Waals surface area contributed by atoms with Gasteiger partial charge in [-0.05, 0) is 42.5 Å². The summed E-state index contributed by atoms with van der Waals surface area (Å²) in [5.74, 6) is 2.53. The Labute approximate surface area is 107 Å². The maximum atomic E-state index is 12.3. The van der Waals surface area contributed by atoms with Gasteiger partial charge in [0.15, 0.2) is 5.78 Å². The number of hydrogen-bond acceptors (Lipinski definition) is 2. The number of hydrogen-bond donors (Lipinski definition) is 0. The molecule has 1 aromatic heterocycles. The maximum Gasteiger partial charge on any atom is 0.166 e. The molecule has 92 valence electrons. The molecule has 1 nitrogen and oxygen atoms in total. The van der Waals surface area contributed by atoms with Gasteiger partial charge in [-0.1, -0.05) is 25.7 Å². The monoisotopic (exact) mass is 248 g/mol. The van der Waals surface area contributed by atoms with Crippen LogP contribution in [0.2, 0.25) is 0 Å². The summed E-state index contributed by atoms with van der Waals surface area (Å²) in [4.78, 5) is 12.3. The summed E-state index contributed by atoms with van der Waals surface area (Å²) in [6.45, 7) is 0. The van der Waals surface area contributed by atoms with Gasteiger partial charge in [-0.2, -0.15) is 11.3 Å². The van der Waals surface area contributed by atoms with E-state index in [4.69, 9.17) is 0 Å². The Morgan fingerprint density at radius 3 is 2.71 bits per heavy atom. The zero-order chi connectivity index (χ0) is 11.7. The molecule has 0 aliphatic heterocycles. The van der Waals surface area contributed by atoms with Gasteiger partial charge in [-0.25, -0.2) is 0 Å². The Kier molecular flexibility index (Phi) is 3.32. The van der Waals surface area contributed by atoms with Gasteiger partial charge in [0.25, 0.3) is 0 Å². The molecule has 2 heteroatoms. The number of thiophene rings is 1. The second-order valence-electron chi connectivity index (χ2n) is 5.69. The average Bonchev–Trinajstić information content (AvgIpc) is 2.91. The number of ketones is 1. The normalized spacial score (nSPS) is 33.1. The smallest absolute Gasteiger partial charge is 0.166 e. The van der Waals surface area contributed by atoms with Gasteiger partial charge < -0.3 is 0 Å². The molecule has 0 amide bonds. The Morgan fingerprint density at radius 2 is 1.94 bits per heavy atom. The molecule has 3 rings (SSSR count). The highest BCUT2D eigenvalue weighted by atomic mass is 32.1. The zero-order valence-corrected chi connectivity index (χ0v) is 11.0. The van der Waals surface area contributed by atoms with Crippen LogP contribution in [0.15, 0.2) is 16.8 Å². The number of rotatable bonds is 2. The SMILES string of the molecule is O=C(c1ccsc1)C1CCC2CCCCC2C1. The standard InChI is InChI=1S/C15H20OS/c16-15(14-7-8-17-10-14)13-6-5-11-3-1-2-4-12(11)9-13/h7-8,10-13H,1-6,9H2. The molecule has 2 fully saturated rings. The van der Waals surface area contributed by atoms with E-state index in [2.05, 4.69) is 0 Å². The molecular formula is C15H20OS. The lowest BCUT2D eigenvalue weighted by molar-refractivity contribution is 0.0764. The van der Waals surface area contributed by atoms with Crippen molar-refractivity contribution < 1.29 is 4.79 Å².